The van der Waals surface area contributed by atoms with Gasteiger partial charge in [-0.15, -0.1) is 0 Å². The van der Waals surface area contributed by atoms with Gasteiger partial charge in [-0.05, 0) is 74.6 Å². The summed E-state index contributed by atoms with van der Waals surface area (Å²) in [5, 5.41) is 0. The highest BCUT2D eigenvalue weighted by atomic mass is 32.2. The highest BCUT2D eigenvalue weighted by molar-refractivity contribution is 7.90. The fraction of sp³-hybridized carbons (Fsp3) is 0.700. The molecule has 0 aliphatic heterocycles. The maximum Gasteiger partial charge on any atom is 0.240 e. The Bertz CT molecular complexity index is 858. The average Bonchev–Trinajstić information content (AvgIpc) is 2.65. The van der Waals surface area contributed by atoms with Gasteiger partial charge in [0.1, 0.15) is 0 Å². The molecule has 28 heavy (non-hydrogen) atoms. The van der Waals surface area contributed by atoms with Crippen molar-refractivity contribution < 1.29 is 16.8 Å². The lowest BCUT2D eigenvalue weighted by Gasteiger charge is -2.29. The Hall–Kier alpha value is -0.960. The number of rotatable bonds is 6. The van der Waals surface area contributed by atoms with E-state index in [1.165, 1.54) is 24.3 Å². The Morgan fingerprint density at radius 3 is 1.75 bits per heavy atom. The number of hydrogen-bond acceptors (Lipinski definition) is 4. The Labute approximate surface area is 169 Å². The van der Waals surface area contributed by atoms with Crippen LogP contribution in [0.3, 0.4) is 0 Å². The van der Waals surface area contributed by atoms with Gasteiger partial charge < -0.3 is 0 Å². The maximum absolute atomic E-state index is 12.7. The van der Waals surface area contributed by atoms with Crippen molar-refractivity contribution in [3.8, 4) is 0 Å². The average molecular weight is 429 g/mol. The van der Waals surface area contributed by atoms with E-state index >= 15 is 0 Å². The van der Waals surface area contributed by atoms with Crippen LogP contribution >= 0.6 is 0 Å². The van der Waals surface area contributed by atoms with Crippen molar-refractivity contribution in [3.05, 3.63) is 24.3 Å². The summed E-state index contributed by atoms with van der Waals surface area (Å²) in [6.45, 7) is 4.26. The minimum Gasteiger partial charge on any atom is -0.208 e. The molecule has 2 aliphatic carbocycles. The van der Waals surface area contributed by atoms with Gasteiger partial charge in [-0.25, -0.2) is 26.3 Å². The van der Waals surface area contributed by atoms with Crippen LogP contribution in [0.1, 0.15) is 65.2 Å². The highest BCUT2D eigenvalue weighted by Gasteiger charge is 2.28. The molecule has 2 atom stereocenters. The topological polar surface area (TPSA) is 92.3 Å². The normalized spacial score (nSPS) is 29.5. The lowest BCUT2D eigenvalue weighted by atomic mass is 9.87. The molecule has 2 fully saturated rings. The van der Waals surface area contributed by atoms with Crippen LogP contribution in [0.15, 0.2) is 34.1 Å². The van der Waals surface area contributed by atoms with E-state index in [9.17, 15) is 16.8 Å². The summed E-state index contributed by atoms with van der Waals surface area (Å²) in [4.78, 5) is 0.215. The fourth-order valence-corrected chi connectivity index (χ4v) is 6.91. The smallest absolute Gasteiger partial charge is 0.208 e. The van der Waals surface area contributed by atoms with E-state index in [2.05, 4.69) is 23.3 Å². The third kappa shape index (κ3) is 5.34. The first-order valence-corrected chi connectivity index (χ1v) is 13.3. The molecule has 1 aromatic rings. The molecule has 2 aliphatic rings. The summed E-state index contributed by atoms with van der Waals surface area (Å²) in [5.74, 6) is 0.954. The van der Waals surface area contributed by atoms with E-state index in [1.54, 1.807) is 0 Å². The quantitative estimate of drug-likeness (QED) is 0.726. The van der Waals surface area contributed by atoms with E-state index in [0.29, 0.717) is 11.8 Å². The second-order valence-corrected chi connectivity index (χ2v) is 12.0. The van der Waals surface area contributed by atoms with Gasteiger partial charge in [0.15, 0.2) is 0 Å². The maximum atomic E-state index is 12.7. The molecule has 158 valence electrons. The van der Waals surface area contributed by atoms with E-state index in [4.69, 9.17) is 0 Å². The van der Waals surface area contributed by atoms with Crippen LogP contribution in [-0.2, 0) is 20.0 Å². The lowest BCUT2D eigenvalue weighted by molar-refractivity contribution is 0.310. The van der Waals surface area contributed by atoms with Gasteiger partial charge in [0.25, 0.3) is 0 Å². The summed E-state index contributed by atoms with van der Waals surface area (Å²) < 4.78 is 56.2. The van der Waals surface area contributed by atoms with Crippen LogP contribution in [0.5, 0.6) is 0 Å². The first-order valence-electron chi connectivity index (χ1n) is 10.3. The van der Waals surface area contributed by atoms with Gasteiger partial charge in [-0.3, -0.25) is 0 Å². The zero-order valence-electron chi connectivity index (χ0n) is 16.7. The summed E-state index contributed by atoms with van der Waals surface area (Å²) in [7, 11) is -7.29. The molecule has 2 N–H and O–H groups in total. The van der Waals surface area contributed by atoms with E-state index in [1.807, 2.05) is 0 Å². The van der Waals surface area contributed by atoms with Gasteiger partial charge in [-0.2, -0.15) is 0 Å². The molecule has 0 unspecified atom stereocenters. The number of benzene rings is 1. The molecule has 0 radical (unpaired) electrons. The summed E-state index contributed by atoms with van der Waals surface area (Å²) >= 11 is 0. The molecule has 1 aromatic carbocycles. The van der Waals surface area contributed by atoms with Crippen LogP contribution in [0.25, 0.3) is 0 Å². The number of nitrogens with one attached hydrogen (secondary N) is 2. The SMILES string of the molecule is CC1CCC(NS(=O)(=O)c2ccc(S(=O)(=O)N[C@@H]3CCCC[C@@H]3C)cc2)CC1. The van der Waals surface area contributed by atoms with Crippen LogP contribution in [0.2, 0.25) is 0 Å². The van der Waals surface area contributed by atoms with Gasteiger partial charge in [-0.1, -0.05) is 26.7 Å². The Kier molecular flexibility index (Phi) is 6.84. The Balaban J connectivity index is 1.68. The summed E-state index contributed by atoms with van der Waals surface area (Å²) in [6, 6.07) is 5.43. The first-order chi connectivity index (χ1) is 13.2. The Morgan fingerprint density at radius 1 is 0.714 bits per heavy atom. The standard InChI is InChI=1S/C20H32N2O4S2/c1-15-7-9-17(10-8-15)21-27(23,24)18-11-13-19(14-12-18)28(25,26)22-20-6-4-3-5-16(20)2/h11-17,20-22H,3-10H2,1-2H3/t15?,16-,17?,20+/m0/s1. The third-order valence-corrected chi connectivity index (χ3v) is 9.24. The van der Waals surface area contributed by atoms with Gasteiger partial charge in [0.05, 0.1) is 9.79 Å². The molecular formula is C20H32N2O4S2. The van der Waals surface area contributed by atoms with Crippen molar-refractivity contribution >= 4 is 20.0 Å². The van der Waals surface area contributed by atoms with E-state index < -0.39 is 20.0 Å². The largest absolute Gasteiger partial charge is 0.240 e. The molecular weight excluding hydrogens is 396 g/mol. The summed E-state index contributed by atoms with van der Waals surface area (Å²) in [5.41, 5.74) is 0. The van der Waals surface area contributed by atoms with Crippen LogP contribution in [0, 0.1) is 11.8 Å². The molecule has 3 rings (SSSR count). The number of hydrogen-bond donors (Lipinski definition) is 2. The van der Waals surface area contributed by atoms with Crippen LogP contribution in [-0.4, -0.2) is 28.9 Å². The van der Waals surface area contributed by atoms with Crippen molar-refractivity contribution in [2.75, 3.05) is 0 Å². The predicted octanol–water partition coefficient (Wildman–Crippen LogP) is 3.40. The molecule has 2 saturated carbocycles. The van der Waals surface area contributed by atoms with Crippen molar-refractivity contribution in [1.29, 1.82) is 0 Å². The predicted molar refractivity (Wildman–Crippen MR) is 110 cm³/mol. The second-order valence-electron chi connectivity index (χ2n) is 8.54. The van der Waals surface area contributed by atoms with Crippen molar-refractivity contribution in [2.24, 2.45) is 11.8 Å². The van der Waals surface area contributed by atoms with Crippen molar-refractivity contribution in [1.82, 2.24) is 9.44 Å². The Morgan fingerprint density at radius 2 is 1.21 bits per heavy atom. The first kappa shape index (κ1) is 21.7. The molecule has 0 spiro atoms. The van der Waals surface area contributed by atoms with Crippen LogP contribution < -0.4 is 9.44 Å². The monoisotopic (exact) mass is 428 g/mol. The third-order valence-electron chi connectivity index (χ3n) is 6.20. The summed E-state index contributed by atoms with van der Waals surface area (Å²) in [6.07, 6.45) is 7.77. The van der Waals surface area contributed by atoms with Crippen LogP contribution in [0.4, 0.5) is 0 Å². The zero-order chi connectivity index (χ0) is 20.4. The molecule has 0 bridgehead atoms. The van der Waals surface area contributed by atoms with Crippen molar-refractivity contribution in [2.45, 2.75) is 87.1 Å². The van der Waals surface area contributed by atoms with Gasteiger partial charge >= 0.3 is 0 Å². The second kappa shape index (κ2) is 8.81. The molecule has 8 heteroatoms. The molecule has 0 saturated heterocycles. The zero-order valence-corrected chi connectivity index (χ0v) is 18.4. The fourth-order valence-electron chi connectivity index (χ4n) is 4.22. The van der Waals surface area contributed by atoms with Crippen molar-refractivity contribution in [3.63, 3.8) is 0 Å². The van der Waals surface area contributed by atoms with E-state index in [-0.39, 0.29) is 21.9 Å². The lowest BCUT2D eigenvalue weighted by Crippen LogP contribution is -2.41. The molecule has 6 nitrogen and oxygen atoms in total. The van der Waals surface area contributed by atoms with Gasteiger partial charge in [0.2, 0.25) is 20.0 Å². The van der Waals surface area contributed by atoms with E-state index in [0.717, 1.165) is 51.4 Å². The molecule has 0 amide bonds. The molecule has 0 heterocycles. The minimum atomic E-state index is -3.65. The minimum absolute atomic E-state index is 0.0425. The number of sulfonamides is 2. The molecule has 0 aromatic heterocycles. The highest BCUT2D eigenvalue weighted by Crippen LogP contribution is 2.27. The van der Waals surface area contributed by atoms with Gasteiger partial charge in [0, 0.05) is 12.1 Å².